The molecule has 0 aromatic heterocycles. The zero-order valence-corrected chi connectivity index (χ0v) is 12.5. The number of thioether (sulfide) groups is 1. The highest BCUT2D eigenvalue weighted by atomic mass is 32.2. The molecule has 0 spiro atoms. The third-order valence-corrected chi connectivity index (χ3v) is 4.45. The monoisotopic (exact) mass is 264 g/mol. The number of nitrogens with zero attached hydrogens (tertiary/aromatic N) is 1. The summed E-state index contributed by atoms with van der Waals surface area (Å²) in [5, 5.41) is 3.98. The third kappa shape index (κ3) is 4.01. The van der Waals surface area contributed by atoms with Crippen LogP contribution in [0, 0.1) is 0 Å². The van der Waals surface area contributed by atoms with E-state index in [1.807, 2.05) is 11.8 Å². The second kappa shape index (κ2) is 6.60. The first-order valence-electron chi connectivity index (χ1n) is 6.81. The second-order valence-corrected chi connectivity index (χ2v) is 7.00. The molecule has 1 aromatic rings. The van der Waals surface area contributed by atoms with Crippen molar-refractivity contribution in [3.05, 3.63) is 29.8 Å². The zero-order chi connectivity index (χ0) is 13.0. The predicted molar refractivity (Wildman–Crippen MR) is 80.4 cm³/mol. The van der Waals surface area contributed by atoms with E-state index in [9.17, 15) is 0 Å². The molecule has 1 heterocycles. The van der Waals surface area contributed by atoms with Crippen LogP contribution in [0.25, 0.3) is 0 Å². The van der Waals surface area contributed by atoms with E-state index in [0.717, 1.165) is 32.1 Å². The Morgan fingerprint density at radius 3 is 2.44 bits per heavy atom. The Balaban J connectivity index is 1.78. The molecular formula is C15H24N2S. The molecule has 0 bridgehead atoms. The Morgan fingerprint density at radius 1 is 1.28 bits per heavy atom. The summed E-state index contributed by atoms with van der Waals surface area (Å²) in [5.74, 6) is 0. The van der Waals surface area contributed by atoms with Gasteiger partial charge in [0.05, 0.1) is 0 Å². The van der Waals surface area contributed by atoms with Gasteiger partial charge in [0.25, 0.3) is 0 Å². The highest BCUT2D eigenvalue weighted by molar-refractivity contribution is 7.99. The van der Waals surface area contributed by atoms with Crippen molar-refractivity contribution in [2.75, 3.05) is 26.7 Å². The minimum Gasteiger partial charge on any atom is -0.314 e. The Morgan fingerprint density at radius 2 is 1.94 bits per heavy atom. The molecule has 1 N–H and O–H groups in total. The predicted octanol–water partition coefficient (Wildman–Crippen LogP) is 2.63. The van der Waals surface area contributed by atoms with Crippen LogP contribution in [-0.4, -0.2) is 42.9 Å². The molecule has 100 valence electrons. The smallest absolute Gasteiger partial charge is 0.0342 e. The topological polar surface area (TPSA) is 15.3 Å². The number of benzene rings is 1. The Kier molecular flexibility index (Phi) is 5.10. The van der Waals surface area contributed by atoms with E-state index < -0.39 is 0 Å². The quantitative estimate of drug-likeness (QED) is 0.795. The lowest BCUT2D eigenvalue weighted by Crippen LogP contribution is -2.56. The number of likely N-dealkylation sites (N-methyl/N-ethyl adjacent to an activating group) is 1. The lowest BCUT2D eigenvalue weighted by atomic mass is 10.1. The minimum absolute atomic E-state index is 0.660. The van der Waals surface area contributed by atoms with Gasteiger partial charge in [0.1, 0.15) is 0 Å². The molecule has 18 heavy (non-hydrogen) atoms. The molecule has 0 amide bonds. The highest BCUT2D eigenvalue weighted by Crippen LogP contribution is 2.23. The number of rotatable bonds is 6. The summed E-state index contributed by atoms with van der Waals surface area (Å²) in [6, 6.07) is 9.81. The van der Waals surface area contributed by atoms with Gasteiger partial charge in [-0.25, -0.2) is 0 Å². The standard InChI is InChI=1S/C15H24N2S/c1-12(2)18-15-6-4-13(5-7-15)8-9-17(3)14-10-16-11-14/h4-7,12,14,16H,8-11H2,1-3H3. The fraction of sp³-hybridized carbons (Fsp3) is 0.600. The van der Waals surface area contributed by atoms with Crippen LogP contribution in [0.15, 0.2) is 29.2 Å². The first-order valence-corrected chi connectivity index (χ1v) is 7.69. The average Bonchev–Trinajstić information content (AvgIpc) is 2.25. The van der Waals surface area contributed by atoms with E-state index in [4.69, 9.17) is 0 Å². The Hall–Kier alpha value is -0.510. The van der Waals surface area contributed by atoms with E-state index in [0.29, 0.717) is 5.25 Å². The van der Waals surface area contributed by atoms with Crippen molar-refractivity contribution in [1.29, 1.82) is 0 Å². The Labute approximate surface area is 115 Å². The van der Waals surface area contributed by atoms with Crippen molar-refractivity contribution in [1.82, 2.24) is 10.2 Å². The fourth-order valence-corrected chi connectivity index (χ4v) is 2.92. The molecule has 1 aliphatic heterocycles. The second-order valence-electron chi connectivity index (χ2n) is 5.35. The fourth-order valence-electron chi connectivity index (χ4n) is 2.08. The van der Waals surface area contributed by atoms with Crippen molar-refractivity contribution in [3.8, 4) is 0 Å². The summed E-state index contributed by atoms with van der Waals surface area (Å²) in [4.78, 5) is 3.85. The molecule has 1 saturated heterocycles. The largest absolute Gasteiger partial charge is 0.314 e. The van der Waals surface area contributed by atoms with Crippen LogP contribution in [0.5, 0.6) is 0 Å². The van der Waals surface area contributed by atoms with E-state index in [1.54, 1.807) is 0 Å². The molecular weight excluding hydrogens is 240 g/mol. The first kappa shape index (κ1) is 13.9. The summed E-state index contributed by atoms with van der Waals surface area (Å²) >= 11 is 1.93. The van der Waals surface area contributed by atoms with Crippen LogP contribution in [0.2, 0.25) is 0 Å². The van der Waals surface area contributed by atoms with E-state index >= 15 is 0 Å². The number of hydrogen-bond acceptors (Lipinski definition) is 3. The van der Waals surface area contributed by atoms with E-state index in [-0.39, 0.29) is 0 Å². The molecule has 2 nitrogen and oxygen atoms in total. The summed E-state index contributed by atoms with van der Waals surface area (Å²) in [5.41, 5.74) is 1.45. The maximum Gasteiger partial charge on any atom is 0.0342 e. The van der Waals surface area contributed by atoms with Crippen LogP contribution in [0.1, 0.15) is 19.4 Å². The highest BCUT2D eigenvalue weighted by Gasteiger charge is 2.20. The van der Waals surface area contributed by atoms with Crippen LogP contribution in [-0.2, 0) is 6.42 Å². The summed E-state index contributed by atoms with van der Waals surface area (Å²) in [6.07, 6.45) is 1.15. The van der Waals surface area contributed by atoms with Gasteiger partial charge in [-0.05, 0) is 31.2 Å². The van der Waals surface area contributed by atoms with E-state index in [2.05, 4.69) is 55.4 Å². The van der Waals surface area contributed by atoms with Crippen LogP contribution < -0.4 is 5.32 Å². The lowest BCUT2D eigenvalue weighted by molar-refractivity contribution is 0.182. The average molecular weight is 264 g/mol. The zero-order valence-electron chi connectivity index (χ0n) is 11.6. The molecule has 0 radical (unpaired) electrons. The van der Waals surface area contributed by atoms with Gasteiger partial charge in [-0.15, -0.1) is 11.8 Å². The minimum atomic E-state index is 0.660. The maximum absolute atomic E-state index is 3.32. The molecule has 0 unspecified atom stereocenters. The van der Waals surface area contributed by atoms with Crippen molar-refractivity contribution in [2.24, 2.45) is 0 Å². The molecule has 0 saturated carbocycles. The van der Waals surface area contributed by atoms with Gasteiger partial charge in [0, 0.05) is 35.8 Å². The number of nitrogens with one attached hydrogen (secondary N) is 1. The van der Waals surface area contributed by atoms with Gasteiger partial charge in [0.2, 0.25) is 0 Å². The summed E-state index contributed by atoms with van der Waals surface area (Å²) in [6.45, 7) is 7.93. The van der Waals surface area contributed by atoms with Crippen LogP contribution in [0.3, 0.4) is 0 Å². The molecule has 3 heteroatoms. The SMILES string of the molecule is CC(C)Sc1ccc(CCN(C)C2CNC2)cc1. The van der Waals surface area contributed by atoms with Gasteiger partial charge >= 0.3 is 0 Å². The lowest BCUT2D eigenvalue weighted by Gasteiger charge is -2.35. The normalized spacial score (nSPS) is 16.3. The van der Waals surface area contributed by atoms with Gasteiger partial charge in [0.15, 0.2) is 0 Å². The van der Waals surface area contributed by atoms with Crippen LogP contribution >= 0.6 is 11.8 Å². The van der Waals surface area contributed by atoms with Crippen molar-refractivity contribution in [2.45, 2.75) is 36.5 Å². The molecule has 2 rings (SSSR count). The molecule has 1 aliphatic rings. The summed E-state index contributed by atoms with van der Waals surface area (Å²) < 4.78 is 0. The molecule has 0 aliphatic carbocycles. The van der Waals surface area contributed by atoms with Crippen molar-refractivity contribution in [3.63, 3.8) is 0 Å². The van der Waals surface area contributed by atoms with Gasteiger partial charge in [-0.3, -0.25) is 0 Å². The van der Waals surface area contributed by atoms with Crippen LogP contribution in [0.4, 0.5) is 0 Å². The third-order valence-electron chi connectivity index (χ3n) is 3.43. The molecule has 1 fully saturated rings. The Bertz CT molecular complexity index is 357. The summed E-state index contributed by atoms with van der Waals surface area (Å²) in [7, 11) is 2.23. The van der Waals surface area contributed by atoms with Gasteiger partial charge < -0.3 is 10.2 Å². The molecule has 0 atom stereocenters. The maximum atomic E-state index is 3.32. The molecule has 1 aromatic carbocycles. The van der Waals surface area contributed by atoms with Gasteiger partial charge in [-0.1, -0.05) is 26.0 Å². The first-order chi connectivity index (χ1) is 8.65. The van der Waals surface area contributed by atoms with Crippen molar-refractivity contribution < 1.29 is 0 Å². The number of hydrogen-bond donors (Lipinski definition) is 1. The van der Waals surface area contributed by atoms with E-state index in [1.165, 1.54) is 10.5 Å². The van der Waals surface area contributed by atoms with Gasteiger partial charge in [-0.2, -0.15) is 0 Å². The van der Waals surface area contributed by atoms with Crippen molar-refractivity contribution >= 4 is 11.8 Å².